The van der Waals surface area contributed by atoms with Gasteiger partial charge in [-0.1, -0.05) is 36.4 Å². The van der Waals surface area contributed by atoms with Crippen molar-refractivity contribution < 1.29 is 18.8 Å². The number of quaternary nitrogens is 1. The summed E-state index contributed by atoms with van der Waals surface area (Å²) in [5.74, 6) is 0.0431. The SMILES string of the molecule is O=C(Nc1ccccc1)O[C@H]1C(=Cc2ccccc2F)[NH+]2CCC1CC2. The molecule has 0 unspecified atom stereocenters. The monoisotopic (exact) mass is 353 g/mol. The lowest BCUT2D eigenvalue weighted by atomic mass is 9.82. The number of nitrogens with one attached hydrogen (secondary N) is 2. The van der Waals surface area contributed by atoms with Gasteiger partial charge in [-0.2, -0.15) is 0 Å². The minimum Gasteiger partial charge on any atom is -0.435 e. The number of carbonyl (C=O) groups excluding carboxylic acids is 1. The average molecular weight is 353 g/mol. The maximum absolute atomic E-state index is 14.1. The number of anilines is 1. The second-order valence-electron chi connectivity index (χ2n) is 6.88. The molecular weight excluding hydrogens is 331 g/mol. The highest BCUT2D eigenvalue weighted by Gasteiger charge is 2.44. The Kier molecular flexibility index (Phi) is 4.71. The van der Waals surface area contributed by atoms with E-state index < -0.39 is 6.09 Å². The number of para-hydroxylation sites is 1. The molecule has 2 aromatic rings. The third kappa shape index (κ3) is 3.48. The first kappa shape index (κ1) is 16.8. The highest BCUT2D eigenvalue weighted by Crippen LogP contribution is 2.28. The van der Waals surface area contributed by atoms with Crippen LogP contribution in [0.3, 0.4) is 0 Å². The van der Waals surface area contributed by atoms with E-state index in [0.29, 0.717) is 17.2 Å². The Labute approximate surface area is 152 Å². The highest BCUT2D eigenvalue weighted by atomic mass is 19.1. The van der Waals surface area contributed by atoms with Crippen LogP contribution in [-0.4, -0.2) is 25.3 Å². The van der Waals surface area contributed by atoms with Crippen LogP contribution in [0.1, 0.15) is 18.4 Å². The molecule has 0 aromatic heterocycles. The van der Waals surface area contributed by atoms with Gasteiger partial charge >= 0.3 is 6.09 Å². The lowest BCUT2D eigenvalue weighted by molar-refractivity contribution is -0.880. The summed E-state index contributed by atoms with van der Waals surface area (Å²) in [5.41, 5.74) is 2.21. The molecule has 2 N–H and O–H groups in total. The van der Waals surface area contributed by atoms with E-state index in [2.05, 4.69) is 5.32 Å². The van der Waals surface area contributed by atoms with Gasteiger partial charge in [0.1, 0.15) is 11.5 Å². The van der Waals surface area contributed by atoms with Gasteiger partial charge < -0.3 is 9.64 Å². The van der Waals surface area contributed by atoms with Gasteiger partial charge in [0.2, 0.25) is 0 Å². The van der Waals surface area contributed by atoms with Crippen LogP contribution in [0.15, 0.2) is 60.3 Å². The van der Waals surface area contributed by atoms with Gasteiger partial charge in [-0.25, -0.2) is 9.18 Å². The summed E-state index contributed by atoms with van der Waals surface area (Å²) in [4.78, 5) is 13.7. The van der Waals surface area contributed by atoms with E-state index in [1.165, 1.54) is 11.0 Å². The standard InChI is InChI=1S/C21H21FN2O2/c22-18-9-5-4-6-16(18)14-19-20(15-10-12-24(19)13-11-15)26-21(25)23-17-7-2-1-3-8-17/h1-9,14-15,20H,10-13H2,(H,23,25)/p+1/t20-/m1/s1. The number of amides is 1. The molecule has 1 amide bonds. The summed E-state index contributed by atoms with van der Waals surface area (Å²) < 4.78 is 19.9. The third-order valence-corrected chi connectivity index (χ3v) is 5.25. The molecule has 3 saturated heterocycles. The molecule has 3 heterocycles. The molecule has 5 heteroatoms. The Morgan fingerprint density at radius 2 is 1.77 bits per heavy atom. The van der Waals surface area contributed by atoms with Crippen molar-refractivity contribution in [3.05, 3.63) is 71.7 Å². The van der Waals surface area contributed by atoms with Gasteiger partial charge in [-0.3, -0.25) is 5.32 Å². The highest BCUT2D eigenvalue weighted by molar-refractivity contribution is 5.84. The van der Waals surface area contributed by atoms with Crippen LogP contribution in [0.4, 0.5) is 14.9 Å². The fraction of sp³-hybridized carbons (Fsp3) is 0.286. The van der Waals surface area contributed by atoms with Crippen molar-refractivity contribution in [2.75, 3.05) is 18.4 Å². The number of ether oxygens (including phenoxy) is 1. The molecule has 3 aliphatic rings. The lowest BCUT2D eigenvalue weighted by Gasteiger charge is -2.42. The van der Waals surface area contributed by atoms with Crippen LogP contribution in [0, 0.1) is 11.7 Å². The summed E-state index contributed by atoms with van der Waals surface area (Å²) in [5, 5.41) is 2.77. The van der Waals surface area contributed by atoms with Crippen LogP contribution in [0.25, 0.3) is 6.08 Å². The van der Waals surface area contributed by atoms with Crippen molar-refractivity contribution >= 4 is 17.9 Å². The molecule has 3 aliphatic heterocycles. The first-order chi connectivity index (χ1) is 12.7. The van der Waals surface area contributed by atoms with Crippen LogP contribution < -0.4 is 10.2 Å². The molecule has 134 valence electrons. The number of benzene rings is 2. The van der Waals surface area contributed by atoms with E-state index in [-0.39, 0.29) is 11.9 Å². The number of hydrogen-bond acceptors (Lipinski definition) is 2. The van der Waals surface area contributed by atoms with Crippen molar-refractivity contribution in [1.82, 2.24) is 0 Å². The Morgan fingerprint density at radius 3 is 2.50 bits per heavy atom. The number of piperidine rings is 3. The predicted octanol–water partition coefficient (Wildman–Crippen LogP) is 3.09. The van der Waals surface area contributed by atoms with E-state index in [9.17, 15) is 9.18 Å². The van der Waals surface area contributed by atoms with Crippen LogP contribution in [0.2, 0.25) is 0 Å². The molecular formula is C21H22FN2O2+. The van der Waals surface area contributed by atoms with Crippen LogP contribution >= 0.6 is 0 Å². The van der Waals surface area contributed by atoms with Crippen molar-refractivity contribution in [2.24, 2.45) is 5.92 Å². The molecule has 1 atom stereocenters. The van der Waals surface area contributed by atoms with E-state index in [1.807, 2.05) is 42.5 Å². The summed E-state index contributed by atoms with van der Waals surface area (Å²) in [6, 6.07) is 16.0. The molecule has 3 fully saturated rings. The summed E-state index contributed by atoms with van der Waals surface area (Å²) in [6.07, 6.45) is 3.13. The third-order valence-electron chi connectivity index (χ3n) is 5.25. The number of rotatable bonds is 3. The average Bonchev–Trinajstić information content (AvgIpc) is 2.67. The van der Waals surface area contributed by atoms with E-state index in [4.69, 9.17) is 4.74 Å². The second kappa shape index (κ2) is 7.30. The van der Waals surface area contributed by atoms with Crippen LogP contribution in [-0.2, 0) is 4.74 Å². The predicted molar refractivity (Wildman–Crippen MR) is 98.1 cm³/mol. The number of carbonyl (C=O) groups is 1. The molecule has 5 rings (SSSR count). The molecule has 0 aliphatic carbocycles. The van der Waals surface area contributed by atoms with Crippen molar-refractivity contribution in [2.45, 2.75) is 18.9 Å². The minimum atomic E-state index is -0.464. The maximum atomic E-state index is 14.1. The lowest BCUT2D eigenvalue weighted by Crippen LogP contribution is -3.14. The molecule has 4 nitrogen and oxygen atoms in total. The number of fused-ring (bicyclic) bond motifs is 3. The van der Waals surface area contributed by atoms with Gasteiger partial charge in [-0.15, -0.1) is 0 Å². The first-order valence-electron chi connectivity index (χ1n) is 9.04. The summed E-state index contributed by atoms with van der Waals surface area (Å²) in [6.45, 7) is 2.01. The normalized spacial score (nSPS) is 25.9. The summed E-state index contributed by atoms with van der Waals surface area (Å²) >= 11 is 0. The maximum Gasteiger partial charge on any atom is 0.412 e. The van der Waals surface area contributed by atoms with E-state index >= 15 is 0 Å². The Balaban J connectivity index is 1.56. The van der Waals surface area contributed by atoms with Gasteiger partial charge in [0.25, 0.3) is 0 Å². The van der Waals surface area contributed by atoms with Crippen molar-refractivity contribution in [3.8, 4) is 0 Å². The Bertz CT molecular complexity index is 814. The molecule has 2 bridgehead atoms. The first-order valence-corrected chi connectivity index (χ1v) is 9.04. The summed E-state index contributed by atoms with van der Waals surface area (Å²) in [7, 11) is 0. The fourth-order valence-electron chi connectivity index (χ4n) is 3.92. The van der Waals surface area contributed by atoms with Gasteiger partial charge in [0, 0.05) is 36.1 Å². The fourth-order valence-corrected chi connectivity index (χ4v) is 3.92. The van der Waals surface area contributed by atoms with E-state index in [0.717, 1.165) is 31.6 Å². The number of halogens is 1. The van der Waals surface area contributed by atoms with Gasteiger partial charge in [-0.05, 0) is 18.2 Å². The quantitative estimate of drug-likeness (QED) is 0.891. The number of hydrogen-bond donors (Lipinski definition) is 2. The van der Waals surface area contributed by atoms with Crippen molar-refractivity contribution in [1.29, 1.82) is 0 Å². The molecule has 0 radical (unpaired) electrons. The molecule has 26 heavy (non-hydrogen) atoms. The van der Waals surface area contributed by atoms with Gasteiger partial charge in [0.15, 0.2) is 6.10 Å². The molecule has 0 spiro atoms. The Morgan fingerprint density at radius 1 is 1.08 bits per heavy atom. The zero-order chi connectivity index (χ0) is 17.9. The topological polar surface area (TPSA) is 42.8 Å². The Hall–Kier alpha value is -2.66. The zero-order valence-electron chi connectivity index (χ0n) is 14.5. The minimum absolute atomic E-state index is 0.255. The largest absolute Gasteiger partial charge is 0.435 e. The zero-order valence-corrected chi connectivity index (χ0v) is 14.5. The molecule has 0 saturated carbocycles. The van der Waals surface area contributed by atoms with Gasteiger partial charge in [0.05, 0.1) is 13.1 Å². The molecule has 2 aromatic carbocycles. The van der Waals surface area contributed by atoms with E-state index in [1.54, 1.807) is 12.1 Å². The second-order valence-corrected chi connectivity index (χ2v) is 6.88. The van der Waals surface area contributed by atoms with Crippen molar-refractivity contribution in [3.63, 3.8) is 0 Å². The van der Waals surface area contributed by atoms with Crippen LogP contribution in [0.5, 0.6) is 0 Å². The smallest absolute Gasteiger partial charge is 0.412 e.